The van der Waals surface area contributed by atoms with Gasteiger partial charge in [0.25, 0.3) is 0 Å². The lowest BCUT2D eigenvalue weighted by atomic mass is 9.78. The molecule has 0 saturated heterocycles. The van der Waals surface area contributed by atoms with E-state index in [1.165, 1.54) is 30.3 Å². The van der Waals surface area contributed by atoms with Crippen molar-refractivity contribution in [3.63, 3.8) is 0 Å². The van der Waals surface area contributed by atoms with Crippen molar-refractivity contribution in [2.75, 3.05) is 6.61 Å². The summed E-state index contributed by atoms with van der Waals surface area (Å²) >= 11 is 0. The van der Waals surface area contributed by atoms with Gasteiger partial charge in [-0.3, -0.25) is 0 Å². The molecule has 182 valence electrons. The van der Waals surface area contributed by atoms with Crippen LogP contribution in [-0.2, 0) is 0 Å². The maximum absolute atomic E-state index is 14.8. The zero-order chi connectivity index (χ0) is 24.9. The third kappa shape index (κ3) is 5.42. The van der Waals surface area contributed by atoms with Gasteiger partial charge >= 0.3 is 5.97 Å². The zero-order valence-electron chi connectivity index (χ0n) is 19.5. The lowest BCUT2D eigenvalue weighted by Crippen LogP contribution is -2.16. The van der Waals surface area contributed by atoms with E-state index in [0.717, 1.165) is 25.7 Å². The number of benzene rings is 3. The second-order valence-corrected chi connectivity index (χ2v) is 8.67. The van der Waals surface area contributed by atoms with Crippen LogP contribution in [0.4, 0.5) is 13.2 Å². The molecule has 0 atom stereocenters. The molecule has 0 amide bonds. The highest BCUT2D eigenvalue weighted by molar-refractivity contribution is 5.91. The molecule has 6 heteroatoms. The molecule has 3 aromatic rings. The fourth-order valence-electron chi connectivity index (χ4n) is 4.55. The molecule has 1 aliphatic carbocycles. The predicted molar refractivity (Wildman–Crippen MR) is 129 cm³/mol. The van der Waals surface area contributed by atoms with Crippen LogP contribution in [0.1, 0.15) is 54.4 Å². The van der Waals surface area contributed by atoms with Gasteiger partial charge in [-0.2, -0.15) is 0 Å². The maximum Gasteiger partial charge on any atom is 0.346 e. The molecular weight excluding hydrogens is 453 g/mol. The van der Waals surface area contributed by atoms with Crippen molar-refractivity contribution in [1.29, 1.82) is 0 Å². The number of halogens is 3. The fraction of sp³-hybridized carbons (Fsp3) is 0.276. The Morgan fingerprint density at radius 2 is 1.63 bits per heavy atom. The summed E-state index contributed by atoms with van der Waals surface area (Å²) < 4.78 is 54.6. The molecule has 0 aromatic heterocycles. The van der Waals surface area contributed by atoms with Gasteiger partial charge < -0.3 is 9.47 Å². The molecule has 0 heterocycles. The van der Waals surface area contributed by atoms with Gasteiger partial charge in [0.05, 0.1) is 12.2 Å². The summed E-state index contributed by atoms with van der Waals surface area (Å²) in [4.78, 5) is 12.6. The van der Waals surface area contributed by atoms with E-state index < -0.39 is 29.0 Å². The SMILES string of the molecule is C=CC1CCC(c2ccc(C(=O)Oc3ccc(-c4ccc(OCC)cc4F)cc3)c(F)c2F)CC1. The number of allylic oxidation sites excluding steroid dienone is 1. The Kier molecular flexibility index (Phi) is 7.59. The molecule has 1 fully saturated rings. The molecule has 4 rings (SSSR count). The van der Waals surface area contributed by atoms with Crippen LogP contribution in [0.15, 0.2) is 67.3 Å². The van der Waals surface area contributed by atoms with Gasteiger partial charge in [0.15, 0.2) is 11.6 Å². The van der Waals surface area contributed by atoms with Crippen molar-refractivity contribution in [1.82, 2.24) is 0 Å². The van der Waals surface area contributed by atoms with Crippen LogP contribution in [0.5, 0.6) is 11.5 Å². The average Bonchev–Trinajstić information content (AvgIpc) is 2.87. The molecule has 3 aromatic carbocycles. The summed E-state index contributed by atoms with van der Waals surface area (Å²) in [6.07, 6.45) is 5.18. The molecular formula is C29H27F3O3. The molecule has 35 heavy (non-hydrogen) atoms. The van der Waals surface area contributed by atoms with E-state index in [0.29, 0.717) is 35.0 Å². The van der Waals surface area contributed by atoms with Crippen LogP contribution in [-0.4, -0.2) is 12.6 Å². The summed E-state index contributed by atoms with van der Waals surface area (Å²) in [7, 11) is 0. The van der Waals surface area contributed by atoms with E-state index in [9.17, 15) is 18.0 Å². The molecule has 0 radical (unpaired) electrons. The standard InChI is InChI=1S/C29H27F3O3/c1-3-18-5-7-20(8-6-18)24-15-16-25(28(32)27(24)31)29(33)35-21-11-9-19(10-12-21)23-14-13-22(34-4-2)17-26(23)30/h3,9-18,20H,1,4-8H2,2H3. The normalized spacial score (nSPS) is 17.6. The number of esters is 1. The van der Waals surface area contributed by atoms with E-state index in [1.807, 2.05) is 13.0 Å². The van der Waals surface area contributed by atoms with E-state index in [2.05, 4.69) is 6.58 Å². The summed E-state index contributed by atoms with van der Waals surface area (Å²) in [5.41, 5.74) is 0.756. The third-order valence-corrected chi connectivity index (χ3v) is 6.50. The van der Waals surface area contributed by atoms with Crippen LogP contribution < -0.4 is 9.47 Å². The summed E-state index contributed by atoms with van der Waals surface area (Å²) in [6, 6.07) is 13.5. The van der Waals surface area contributed by atoms with E-state index in [1.54, 1.807) is 24.3 Å². The Bertz CT molecular complexity index is 1210. The van der Waals surface area contributed by atoms with Gasteiger partial charge in [0.2, 0.25) is 0 Å². The van der Waals surface area contributed by atoms with Crippen molar-refractivity contribution in [2.45, 2.75) is 38.5 Å². The van der Waals surface area contributed by atoms with Crippen molar-refractivity contribution in [3.05, 3.63) is 95.8 Å². The van der Waals surface area contributed by atoms with Gasteiger partial charge in [-0.1, -0.05) is 24.3 Å². The van der Waals surface area contributed by atoms with Crippen LogP contribution in [0.2, 0.25) is 0 Å². The van der Waals surface area contributed by atoms with Crippen LogP contribution in [0.3, 0.4) is 0 Å². The maximum atomic E-state index is 14.8. The Morgan fingerprint density at radius 1 is 0.943 bits per heavy atom. The van der Waals surface area contributed by atoms with Crippen molar-refractivity contribution in [3.8, 4) is 22.6 Å². The van der Waals surface area contributed by atoms with Crippen LogP contribution in [0.25, 0.3) is 11.1 Å². The van der Waals surface area contributed by atoms with E-state index in [4.69, 9.17) is 9.47 Å². The Hall–Kier alpha value is -3.54. The van der Waals surface area contributed by atoms with Gasteiger partial charge in [0.1, 0.15) is 17.3 Å². The Balaban J connectivity index is 1.46. The number of carbonyl (C=O) groups is 1. The number of carbonyl (C=O) groups excluding carboxylic acids is 1. The molecule has 0 N–H and O–H groups in total. The number of hydrogen-bond acceptors (Lipinski definition) is 3. The van der Waals surface area contributed by atoms with Crippen LogP contribution in [0, 0.1) is 23.4 Å². The number of ether oxygens (including phenoxy) is 2. The number of rotatable bonds is 7. The Labute approximate surface area is 203 Å². The Morgan fingerprint density at radius 3 is 2.26 bits per heavy atom. The highest BCUT2D eigenvalue weighted by atomic mass is 19.2. The minimum Gasteiger partial charge on any atom is -0.494 e. The largest absolute Gasteiger partial charge is 0.494 e. The van der Waals surface area contributed by atoms with Crippen LogP contribution >= 0.6 is 0 Å². The number of hydrogen-bond donors (Lipinski definition) is 0. The molecule has 1 saturated carbocycles. The first-order valence-corrected chi connectivity index (χ1v) is 11.8. The van der Waals surface area contributed by atoms with Gasteiger partial charge in [-0.25, -0.2) is 18.0 Å². The zero-order valence-corrected chi connectivity index (χ0v) is 19.5. The first-order chi connectivity index (χ1) is 16.9. The quantitative estimate of drug-likeness (QED) is 0.196. The summed E-state index contributed by atoms with van der Waals surface area (Å²) in [5, 5.41) is 0. The van der Waals surface area contributed by atoms with Crippen molar-refractivity contribution >= 4 is 5.97 Å². The average molecular weight is 481 g/mol. The monoisotopic (exact) mass is 480 g/mol. The molecule has 0 aliphatic heterocycles. The van der Waals surface area contributed by atoms with Gasteiger partial charge in [-0.15, -0.1) is 6.58 Å². The highest BCUT2D eigenvalue weighted by Crippen LogP contribution is 2.38. The molecule has 0 unspecified atom stereocenters. The fourth-order valence-corrected chi connectivity index (χ4v) is 4.55. The van der Waals surface area contributed by atoms with E-state index >= 15 is 0 Å². The van der Waals surface area contributed by atoms with Gasteiger partial charge in [-0.05, 0) is 85.9 Å². The highest BCUT2D eigenvalue weighted by Gasteiger charge is 2.27. The predicted octanol–water partition coefficient (Wildman–Crippen LogP) is 7.85. The second-order valence-electron chi connectivity index (χ2n) is 8.67. The third-order valence-electron chi connectivity index (χ3n) is 6.50. The van der Waals surface area contributed by atoms with Crippen molar-refractivity contribution in [2.24, 2.45) is 5.92 Å². The molecule has 3 nitrogen and oxygen atoms in total. The summed E-state index contributed by atoms with van der Waals surface area (Å²) in [6.45, 7) is 6.05. The molecule has 1 aliphatic rings. The lowest BCUT2D eigenvalue weighted by molar-refractivity contribution is 0.0728. The topological polar surface area (TPSA) is 35.5 Å². The minimum absolute atomic E-state index is 0.0821. The lowest BCUT2D eigenvalue weighted by Gasteiger charge is -2.27. The van der Waals surface area contributed by atoms with Gasteiger partial charge in [0, 0.05) is 11.6 Å². The first-order valence-electron chi connectivity index (χ1n) is 11.8. The smallest absolute Gasteiger partial charge is 0.346 e. The molecule has 0 spiro atoms. The molecule has 0 bridgehead atoms. The summed E-state index contributed by atoms with van der Waals surface area (Å²) in [5.74, 6) is -2.75. The first kappa shape index (κ1) is 24.6. The van der Waals surface area contributed by atoms with E-state index in [-0.39, 0.29) is 11.7 Å². The second kappa shape index (κ2) is 10.8. The van der Waals surface area contributed by atoms with Crippen molar-refractivity contribution < 1.29 is 27.4 Å². The minimum atomic E-state index is -1.20.